The Bertz CT molecular complexity index is 825. The quantitative estimate of drug-likeness (QED) is 0.407. The molecule has 12 heteroatoms. The number of amides is 3. The highest BCUT2D eigenvalue weighted by molar-refractivity contribution is 7.98. The van der Waals surface area contributed by atoms with Crippen LogP contribution in [0.15, 0.2) is 0 Å². The molecule has 164 valence electrons. The Balaban J connectivity index is 2.22. The average Bonchev–Trinajstić information content (AvgIpc) is 2.72. The second-order valence-electron chi connectivity index (χ2n) is 8.10. The number of thioether (sulfide) groups is 1. The molecule has 4 unspecified atom stereocenters. The van der Waals surface area contributed by atoms with Crippen molar-refractivity contribution in [3.63, 3.8) is 0 Å². The summed E-state index contributed by atoms with van der Waals surface area (Å²) < 4.78 is 23.8. The predicted molar refractivity (Wildman–Crippen MR) is 107 cm³/mol. The van der Waals surface area contributed by atoms with Gasteiger partial charge in [0.2, 0.25) is 17.7 Å². The number of sulfone groups is 1. The molecule has 29 heavy (non-hydrogen) atoms. The van der Waals surface area contributed by atoms with Gasteiger partial charge in [0.25, 0.3) is 0 Å². The van der Waals surface area contributed by atoms with Crippen LogP contribution in [0, 0.1) is 5.92 Å². The summed E-state index contributed by atoms with van der Waals surface area (Å²) in [6, 6.07) is -3.46. The Morgan fingerprint density at radius 3 is 2.31 bits per heavy atom. The normalized spacial score (nSPS) is 26.3. The second-order valence-corrected chi connectivity index (χ2v) is 11.7. The van der Waals surface area contributed by atoms with Crippen molar-refractivity contribution in [1.29, 1.82) is 0 Å². The van der Waals surface area contributed by atoms with E-state index in [0.29, 0.717) is 0 Å². The molecule has 0 saturated carbocycles. The number of carbonyl (C=O) groups excluding carboxylic acids is 3. The van der Waals surface area contributed by atoms with E-state index in [-0.39, 0.29) is 12.2 Å². The molecule has 3 N–H and O–H groups in total. The number of fused-ring (bicyclic) bond motifs is 1. The summed E-state index contributed by atoms with van der Waals surface area (Å²) >= 11 is 1.25. The van der Waals surface area contributed by atoms with E-state index in [4.69, 9.17) is 0 Å². The number of aliphatic carboxylic acids is 1. The van der Waals surface area contributed by atoms with Crippen LogP contribution in [0.1, 0.15) is 34.1 Å². The SMILES string of the molecule is CSCC(NC(=O)C(NC(=O)C1N2C(=O)CC2S(=O)(=O)C1(C)C)C(C)C)C(=O)O. The minimum Gasteiger partial charge on any atom is -0.480 e. The lowest BCUT2D eigenvalue weighted by Crippen LogP contribution is -2.62. The Morgan fingerprint density at radius 1 is 1.28 bits per heavy atom. The summed E-state index contributed by atoms with van der Waals surface area (Å²) in [5.74, 6) is -3.30. The maximum Gasteiger partial charge on any atom is 0.327 e. The summed E-state index contributed by atoms with van der Waals surface area (Å²) in [6.07, 6.45) is 1.55. The molecule has 0 aromatic carbocycles. The number of nitrogens with zero attached hydrogens (tertiary/aromatic N) is 1. The van der Waals surface area contributed by atoms with Gasteiger partial charge >= 0.3 is 5.97 Å². The van der Waals surface area contributed by atoms with Crippen molar-refractivity contribution >= 4 is 45.3 Å². The Labute approximate surface area is 174 Å². The van der Waals surface area contributed by atoms with E-state index in [1.54, 1.807) is 20.1 Å². The molecule has 2 saturated heterocycles. The fraction of sp³-hybridized carbons (Fsp3) is 0.765. The first-order chi connectivity index (χ1) is 13.3. The van der Waals surface area contributed by atoms with Crippen LogP contribution >= 0.6 is 11.8 Å². The van der Waals surface area contributed by atoms with Crippen molar-refractivity contribution in [2.75, 3.05) is 12.0 Å². The first-order valence-corrected chi connectivity index (χ1v) is 12.1. The molecule has 0 aliphatic carbocycles. The predicted octanol–water partition coefficient (Wildman–Crippen LogP) is -0.806. The number of carbonyl (C=O) groups is 4. The molecular weight excluding hydrogens is 422 g/mol. The molecule has 10 nitrogen and oxygen atoms in total. The van der Waals surface area contributed by atoms with Crippen molar-refractivity contribution in [3.8, 4) is 0 Å². The van der Waals surface area contributed by atoms with Gasteiger partial charge in [-0.1, -0.05) is 13.8 Å². The van der Waals surface area contributed by atoms with Crippen LogP contribution in [-0.4, -0.2) is 82.4 Å². The maximum absolute atomic E-state index is 13.0. The van der Waals surface area contributed by atoms with Gasteiger partial charge in [-0.2, -0.15) is 11.8 Å². The molecule has 4 atom stereocenters. The zero-order valence-corrected chi connectivity index (χ0v) is 18.6. The first-order valence-electron chi connectivity index (χ1n) is 9.14. The molecular formula is C17H27N3O7S2. The van der Waals surface area contributed by atoms with E-state index in [1.807, 2.05) is 0 Å². The summed E-state index contributed by atoms with van der Waals surface area (Å²) in [7, 11) is -3.74. The van der Waals surface area contributed by atoms with Gasteiger partial charge in [0.05, 0.1) is 11.2 Å². The third kappa shape index (κ3) is 3.96. The highest BCUT2D eigenvalue weighted by atomic mass is 32.2. The highest BCUT2D eigenvalue weighted by Crippen LogP contribution is 2.45. The first kappa shape index (κ1) is 23.5. The number of hydrogen-bond acceptors (Lipinski definition) is 7. The van der Waals surface area contributed by atoms with Crippen molar-refractivity contribution < 1.29 is 32.7 Å². The summed E-state index contributed by atoms with van der Waals surface area (Å²) in [5, 5.41) is 13.1. The number of carboxylic acid groups (broad SMARTS) is 1. The van der Waals surface area contributed by atoms with Gasteiger partial charge in [-0.25, -0.2) is 13.2 Å². The lowest BCUT2D eigenvalue weighted by atomic mass is 9.95. The second kappa shape index (κ2) is 8.13. The summed E-state index contributed by atoms with van der Waals surface area (Å²) in [6.45, 7) is 6.12. The van der Waals surface area contributed by atoms with Gasteiger partial charge in [0.15, 0.2) is 9.84 Å². The number of rotatable bonds is 8. The van der Waals surface area contributed by atoms with Crippen LogP contribution in [0.3, 0.4) is 0 Å². The van der Waals surface area contributed by atoms with E-state index in [1.165, 1.54) is 25.6 Å². The average molecular weight is 450 g/mol. The number of nitrogens with one attached hydrogen (secondary N) is 2. The van der Waals surface area contributed by atoms with Gasteiger partial charge in [0, 0.05) is 5.75 Å². The van der Waals surface area contributed by atoms with Crippen LogP contribution in [0.5, 0.6) is 0 Å². The minimum atomic E-state index is -3.74. The fourth-order valence-electron chi connectivity index (χ4n) is 3.62. The highest BCUT2D eigenvalue weighted by Gasteiger charge is 2.67. The Morgan fingerprint density at radius 2 is 1.86 bits per heavy atom. The van der Waals surface area contributed by atoms with Gasteiger partial charge in [-0.15, -0.1) is 0 Å². The van der Waals surface area contributed by atoms with Crippen LogP contribution in [-0.2, 0) is 29.0 Å². The van der Waals surface area contributed by atoms with Crippen molar-refractivity contribution in [1.82, 2.24) is 15.5 Å². The van der Waals surface area contributed by atoms with Crippen molar-refractivity contribution in [3.05, 3.63) is 0 Å². The lowest BCUT2D eigenvalue weighted by Gasteiger charge is -2.37. The summed E-state index contributed by atoms with van der Waals surface area (Å²) in [4.78, 5) is 50.0. The number of hydrogen-bond donors (Lipinski definition) is 3. The van der Waals surface area contributed by atoms with Crippen LogP contribution in [0.2, 0.25) is 0 Å². The van der Waals surface area contributed by atoms with Gasteiger partial charge < -0.3 is 20.6 Å². The lowest BCUT2D eigenvalue weighted by molar-refractivity contribution is -0.150. The Kier molecular flexibility index (Phi) is 6.58. The van der Waals surface area contributed by atoms with Crippen molar-refractivity contribution in [2.24, 2.45) is 5.92 Å². The van der Waals surface area contributed by atoms with E-state index in [2.05, 4.69) is 10.6 Å². The smallest absolute Gasteiger partial charge is 0.327 e. The molecule has 2 rings (SSSR count). The standard InChI is InChI=1S/C17H27N3O7S2/c1-8(2)12(14(22)18-9(7-28-5)16(24)25)19-15(23)13-17(3,4)29(26,27)11-6-10(21)20(11)13/h8-9,11-13H,6-7H2,1-5H3,(H,18,22)(H,19,23)(H,24,25). The molecule has 2 fully saturated rings. The minimum absolute atomic E-state index is 0.150. The molecule has 2 heterocycles. The van der Waals surface area contributed by atoms with Crippen LogP contribution in [0.25, 0.3) is 0 Å². The van der Waals surface area contributed by atoms with E-state index < -0.39 is 67.7 Å². The molecule has 0 spiro atoms. The molecule has 0 aromatic rings. The molecule has 2 aliphatic heterocycles. The molecule has 0 bridgehead atoms. The Hall–Kier alpha value is -1.82. The largest absolute Gasteiger partial charge is 0.480 e. The number of carboxylic acids is 1. The van der Waals surface area contributed by atoms with Gasteiger partial charge in [-0.3, -0.25) is 14.4 Å². The van der Waals surface area contributed by atoms with Crippen LogP contribution in [0.4, 0.5) is 0 Å². The van der Waals surface area contributed by atoms with E-state index >= 15 is 0 Å². The zero-order valence-electron chi connectivity index (χ0n) is 17.0. The van der Waals surface area contributed by atoms with Crippen molar-refractivity contribution in [2.45, 2.75) is 62.4 Å². The molecule has 0 aromatic heterocycles. The van der Waals surface area contributed by atoms with Gasteiger partial charge in [-0.05, 0) is 26.0 Å². The van der Waals surface area contributed by atoms with E-state index in [0.717, 1.165) is 4.90 Å². The fourth-order valence-corrected chi connectivity index (χ4v) is 6.32. The van der Waals surface area contributed by atoms with Gasteiger partial charge in [0.1, 0.15) is 23.5 Å². The third-order valence-electron chi connectivity index (χ3n) is 5.42. The molecule has 0 radical (unpaired) electrons. The monoisotopic (exact) mass is 449 g/mol. The number of β-lactam (4-membered cyclic amide) rings is 1. The molecule has 2 aliphatic rings. The molecule has 3 amide bonds. The van der Waals surface area contributed by atoms with Crippen LogP contribution < -0.4 is 10.6 Å². The zero-order chi connectivity index (χ0) is 22.3. The topological polar surface area (TPSA) is 150 Å². The van der Waals surface area contributed by atoms with E-state index in [9.17, 15) is 32.7 Å². The third-order valence-corrected chi connectivity index (χ3v) is 8.89. The maximum atomic E-state index is 13.0. The summed E-state index contributed by atoms with van der Waals surface area (Å²) in [5.41, 5.74) is 0.